The molecule has 0 aliphatic carbocycles. The predicted octanol–water partition coefficient (Wildman–Crippen LogP) is 1.29. The quantitative estimate of drug-likeness (QED) is 0.823. The molecule has 2 N–H and O–H groups in total. The van der Waals surface area contributed by atoms with Crippen molar-refractivity contribution in [3.8, 4) is 0 Å². The molecule has 23 heavy (non-hydrogen) atoms. The van der Waals surface area contributed by atoms with E-state index in [-0.39, 0.29) is 6.10 Å². The molecule has 2 aromatic rings. The lowest BCUT2D eigenvalue weighted by Crippen LogP contribution is -2.36. The van der Waals surface area contributed by atoms with Crippen LogP contribution in [-0.2, 0) is 4.74 Å². The number of aliphatic hydroxyl groups excluding tert-OH is 1. The first-order valence-corrected chi connectivity index (χ1v) is 8.36. The van der Waals surface area contributed by atoms with Gasteiger partial charge >= 0.3 is 5.69 Å². The molecule has 0 amide bonds. The van der Waals surface area contributed by atoms with Gasteiger partial charge in [-0.1, -0.05) is 18.2 Å². The fourth-order valence-corrected chi connectivity index (χ4v) is 3.51. The standard InChI is InChI=1S/C16H18N2O4S/c1-10-8-18(16(21)17-14(10)20)15-13(19)7-11(22-15)9-23-12-5-3-2-4-6-12/h2-6,8,11,13,15,19H,7,9H2,1H3,(H,17,20,21)/t11-,13+,15+/m0/s1. The van der Waals surface area contributed by atoms with Gasteiger partial charge in [-0.3, -0.25) is 14.3 Å². The zero-order chi connectivity index (χ0) is 16.4. The van der Waals surface area contributed by atoms with E-state index in [1.807, 2.05) is 30.3 Å². The summed E-state index contributed by atoms with van der Waals surface area (Å²) in [5.74, 6) is 0.689. The van der Waals surface area contributed by atoms with Gasteiger partial charge in [-0.25, -0.2) is 4.79 Å². The highest BCUT2D eigenvalue weighted by Crippen LogP contribution is 2.31. The number of benzene rings is 1. The van der Waals surface area contributed by atoms with Crippen molar-refractivity contribution in [2.75, 3.05) is 5.75 Å². The molecule has 0 unspecified atom stereocenters. The van der Waals surface area contributed by atoms with Gasteiger partial charge in [0.2, 0.25) is 0 Å². The highest BCUT2D eigenvalue weighted by Gasteiger charge is 2.35. The van der Waals surface area contributed by atoms with Gasteiger partial charge in [-0.05, 0) is 19.1 Å². The molecule has 0 saturated carbocycles. The Balaban J connectivity index is 1.70. The summed E-state index contributed by atoms with van der Waals surface area (Å²) in [7, 11) is 0. The molecule has 7 heteroatoms. The largest absolute Gasteiger partial charge is 0.388 e. The molecular weight excluding hydrogens is 316 g/mol. The van der Waals surface area contributed by atoms with Crippen LogP contribution in [0.4, 0.5) is 0 Å². The van der Waals surface area contributed by atoms with Gasteiger partial charge in [0.05, 0.1) is 6.10 Å². The Kier molecular flexibility index (Phi) is 4.70. The first-order valence-electron chi connectivity index (χ1n) is 7.38. The van der Waals surface area contributed by atoms with Gasteiger partial charge in [-0.15, -0.1) is 11.8 Å². The summed E-state index contributed by atoms with van der Waals surface area (Å²) >= 11 is 1.65. The molecule has 0 spiro atoms. The van der Waals surface area contributed by atoms with Crippen molar-refractivity contribution in [3.63, 3.8) is 0 Å². The number of rotatable bonds is 4. The second kappa shape index (κ2) is 6.74. The number of aryl methyl sites for hydroxylation is 1. The SMILES string of the molecule is Cc1cn([C@@H]2O[C@H](CSc3ccccc3)C[C@H]2O)c(=O)[nH]c1=O. The number of nitrogens with zero attached hydrogens (tertiary/aromatic N) is 1. The Morgan fingerprint density at radius 1 is 1.35 bits per heavy atom. The number of aliphatic hydroxyl groups is 1. The van der Waals surface area contributed by atoms with Crippen molar-refractivity contribution in [1.82, 2.24) is 9.55 Å². The van der Waals surface area contributed by atoms with Crippen molar-refractivity contribution in [3.05, 3.63) is 62.9 Å². The Labute approximate surface area is 137 Å². The summed E-state index contributed by atoms with van der Waals surface area (Å²) in [5.41, 5.74) is -0.585. The monoisotopic (exact) mass is 334 g/mol. The van der Waals surface area contributed by atoms with Crippen LogP contribution in [0.15, 0.2) is 51.0 Å². The highest BCUT2D eigenvalue weighted by molar-refractivity contribution is 7.99. The van der Waals surface area contributed by atoms with E-state index in [2.05, 4.69) is 4.98 Å². The van der Waals surface area contributed by atoms with E-state index in [4.69, 9.17) is 4.74 Å². The number of thioether (sulfide) groups is 1. The molecule has 1 saturated heterocycles. The third kappa shape index (κ3) is 3.57. The molecule has 122 valence electrons. The van der Waals surface area contributed by atoms with Crippen molar-refractivity contribution < 1.29 is 9.84 Å². The Hall–Kier alpha value is -1.83. The van der Waals surface area contributed by atoms with Gasteiger partial charge < -0.3 is 9.84 Å². The number of nitrogens with one attached hydrogen (secondary N) is 1. The number of aromatic amines is 1. The van der Waals surface area contributed by atoms with Crippen LogP contribution in [0, 0.1) is 6.92 Å². The smallest absolute Gasteiger partial charge is 0.330 e. The van der Waals surface area contributed by atoms with E-state index in [1.54, 1.807) is 18.7 Å². The maximum absolute atomic E-state index is 11.9. The molecular formula is C16H18N2O4S. The lowest BCUT2D eigenvalue weighted by molar-refractivity contribution is -0.0337. The first-order chi connectivity index (χ1) is 11.0. The van der Waals surface area contributed by atoms with Gasteiger partial charge in [-0.2, -0.15) is 0 Å². The van der Waals surface area contributed by atoms with Gasteiger partial charge in [0.25, 0.3) is 5.56 Å². The average Bonchev–Trinajstić information content (AvgIpc) is 2.91. The maximum Gasteiger partial charge on any atom is 0.330 e. The average molecular weight is 334 g/mol. The van der Waals surface area contributed by atoms with Crippen LogP contribution in [0.1, 0.15) is 18.2 Å². The molecule has 1 aromatic heterocycles. The van der Waals surface area contributed by atoms with Crippen molar-refractivity contribution in [1.29, 1.82) is 0 Å². The van der Waals surface area contributed by atoms with E-state index in [0.29, 0.717) is 17.7 Å². The Bertz CT molecular complexity index is 787. The number of H-pyrrole nitrogens is 1. The fourth-order valence-electron chi connectivity index (χ4n) is 2.57. The molecule has 3 atom stereocenters. The van der Waals surface area contributed by atoms with E-state index in [9.17, 15) is 14.7 Å². The summed E-state index contributed by atoms with van der Waals surface area (Å²) in [6.07, 6.45) is 0.190. The topological polar surface area (TPSA) is 84.3 Å². The molecule has 1 fully saturated rings. The van der Waals surface area contributed by atoms with E-state index in [0.717, 1.165) is 4.90 Å². The normalized spacial score (nSPS) is 24.0. The molecule has 2 heterocycles. The van der Waals surface area contributed by atoms with E-state index in [1.165, 1.54) is 10.8 Å². The zero-order valence-electron chi connectivity index (χ0n) is 12.6. The van der Waals surface area contributed by atoms with Crippen LogP contribution < -0.4 is 11.2 Å². The van der Waals surface area contributed by atoms with Crippen molar-refractivity contribution in [2.24, 2.45) is 0 Å². The summed E-state index contributed by atoms with van der Waals surface area (Å²) in [6, 6.07) is 9.93. The molecule has 0 radical (unpaired) electrons. The molecule has 3 rings (SSSR count). The molecule has 1 aliphatic rings. The van der Waals surface area contributed by atoms with Crippen molar-refractivity contribution >= 4 is 11.8 Å². The summed E-state index contributed by atoms with van der Waals surface area (Å²) in [6.45, 7) is 1.61. The number of ether oxygens (including phenoxy) is 1. The minimum absolute atomic E-state index is 0.153. The minimum Gasteiger partial charge on any atom is -0.388 e. The third-order valence-corrected chi connectivity index (χ3v) is 4.91. The number of hydrogen-bond donors (Lipinski definition) is 2. The molecule has 1 aliphatic heterocycles. The van der Waals surface area contributed by atoms with Crippen LogP contribution in [0.5, 0.6) is 0 Å². The minimum atomic E-state index is -0.778. The zero-order valence-corrected chi connectivity index (χ0v) is 13.5. The predicted molar refractivity (Wildman–Crippen MR) is 87.8 cm³/mol. The fraction of sp³-hybridized carbons (Fsp3) is 0.375. The lowest BCUT2D eigenvalue weighted by atomic mass is 10.2. The van der Waals surface area contributed by atoms with Gasteiger partial charge in [0.15, 0.2) is 6.23 Å². The summed E-state index contributed by atoms with van der Waals surface area (Å²) in [5, 5.41) is 10.2. The second-order valence-electron chi connectivity index (χ2n) is 5.55. The maximum atomic E-state index is 11.9. The summed E-state index contributed by atoms with van der Waals surface area (Å²) in [4.78, 5) is 26.7. The van der Waals surface area contributed by atoms with Crippen LogP contribution in [0.2, 0.25) is 0 Å². The Morgan fingerprint density at radius 2 is 2.09 bits per heavy atom. The first kappa shape index (κ1) is 16.0. The number of aromatic nitrogens is 2. The van der Waals surface area contributed by atoms with Crippen LogP contribution in [0.3, 0.4) is 0 Å². The van der Waals surface area contributed by atoms with Crippen LogP contribution >= 0.6 is 11.8 Å². The van der Waals surface area contributed by atoms with Crippen LogP contribution in [-0.4, -0.2) is 32.6 Å². The van der Waals surface area contributed by atoms with Gasteiger partial charge in [0.1, 0.15) is 6.10 Å². The van der Waals surface area contributed by atoms with Crippen LogP contribution in [0.25, 0.3) is 0 Å². The summed E-state index contributed by atoms with van der Waals surface area (Å²) < 4.78 is 7.09. The molecule has 6 nitrogen and oxygen atoms in total. The van der Waals surface area contributed by atoms with Crippen molar-refractivity contribution in [2.45, 2.75) is 36.7 Å². The second-order valence-corrected chi connectivity index (χ2v) is 6.65. The van der Waals surface area contributed by atoms with E-state index < -0.39 is 23.6 Å². The van der Waals surface area contributed by atoms with E-state index >= 15 is 0 Å². The number of hydrogen-bond acceptors (Lipinski definition) is 5. The molecule has 0 bridgehead atoms. The highest BCUT2D eigenvalue weighted by atomic mass is 32.2. The Morgan fingerprint density at radius 3 is 2.83 bits per heavy atom. The lowest BCUT2D eigenvalue weighted by Gasteiger charge is -2.17. The van der Waals surface area contributed by atoms with Gasteiger partial charge in [0, 0.05) is 28.8 Å². The molecule has 1 aromatic carbocycles. The third-order valence-electron chi connectivity index (χ3n) is 3.76.